The molecule has 3 N–H and O–H groups in total. The fourth-order valence-electron chi connectivity index (χ4n) is 2.60. The lowest BCUT2D eigenvalue weighted by molar-refractivity contribution is -0.136. The van der Waals surface area contributed by atoms with Crippen LogP contribution in [0, 0.1) is 0 Å². The van der Waals surface area contributed by atoms with Crippen molar-refractivity contribution in [2.75, 3.05) is 13.7 Å². The molecule has 2 fully saturated rings. The molecule has 2 saturated heterocycles. The summed E-state index contributed by atoms with van der Waals surface area (Å²) in [4.78, 5) is 28.9. The molecule has 1 aromatic carbocycles. The molecule has 7 nitrogen and oxygen atoms in total. The average molecular weight is 307 g/mol. The van der Waals surface area contributed by atoms with E-state index in [2.05, 4.69) is 15.6 Å². The maximum absolute atomic E-state index is 11.5. The van der Waals surface area contributed by atoms with E-state index in [1.165, 1.54) is 7.11 Å². The Morgan fingerprint density at radius 3 is 2.73 bits per heavy atom. The van der Waals surface area contributed by atoms with E-state index in [1.54, 1.807) is 4.90 Å². The monoisotopic (exact) mass is 307 g/mol. The first-order valence-corrected chi connectivity index (χ1v) is 7.20. The molecular formula is C15H21N3O4. The number of nitrogens with one attached hydrogen (secondary N) is 2. The van der Waals surface area contributed by atoms with Crippen LogP contribution in [0.15, 0.2) is 30.3 Å². The van der Waals surface area contributed by atoms with Gasteiger partial charge in [-0.25, -0.2) is 10.3 Å². The van der Waals surface area contributed by atoms with Crippen LogP contribution in [0.1, 0.15) is 18.4 Å². The Hall–Kier alpha value is -2.12. The highest BCUT2D eigenvalue weighted by Crippen LogP contribution is 2.22. The summed E-state index contributed by atoms with van der Waals surface area (Å²) in [6, 6.07) is 9.21. The van der Waals surface area contributed by atoms with Gasteiger partial charge in [0.1, 0.15) is 6.04 Å². The molecule has 0 aromatic heterocycles. The molecule has 2 aliphatic heterocycles. The van der Waals surface area contributed by atoms with Gasteiger partial charge < -0.3 is 15.3 Å². The first-order chi connectivity index (χ1) is 10.7. The van der Waals surface area contributed by atoms with Crippen molar-refractivity contribution in [3.05, 3.63) is 35.9 Å². The van der Waals surface area contributed by atoms with Crippen LogP contribution < -0.4 is 10.8 Å². The van der Waals surface area contributed by atoms with E-state index < -0.39 is 0 Å². The minimum absolute atomic E-state index is 0.140. The lowest BCUT2D eigenvalue weighted by Crippen LogP contribution is -2.49. The zero-order chi connectivity index (χ0) is 15.9. The van der Waals surface area contributed by atoms with Gasteiger partial charge in [-0.1, -0.05) is 30.3 Å². The minimum atomic E-state index is -0.381. The summed E-state index contributed by atoms with van der Waals surface area (Å²) >= 11 is 0. The van der Waals surface area contributed by atoms with Crippen LogP contribution in [0.5, 0.6) is 0 Å². The van der Waals surface area contributed by atoms with Crippen LogP contribution in [0.25, 0.3) is 0 Å². The smallest absolute Gasteiger partial charge is 0.318 e. The van der Waals surface area contributed by atoms with Gasteiger partial charge in [-0.05, 0) is 18.4 Å². The molecule has 120 valence electrons. The van der Waals surface area contributed by atoms with Crippen LogP contribution in [0.3, 0.4) is 0 Å². The van der Waals surface area contributed by atoms with Gasteiger partial charge in [0.05, 0.1) is 13.7 Å². The number of fused-ring (bicyclic) bond motifs is 2. The molecule has 22 heavy (non-hydrogen) atoms. The molecule has 0 saturated carbocycles. The number of carbonyl (C=O) groups excluding carboxylic acids is 2. The van der Waals surface area contributed by atoms with Gasteiger partial charge in [-0.3, -0.25) is 9.63 Å². The van der Waals surface area contributed by atoms with Crippen LogP contribution in [-0.2, 0) is 16.2 Å². The largest absolute Gasteiger partial charge is 0.392 e. The summed E-state index contributed by atoms with van der Waals surface area (Å²) in [5.74, 6) is -0.247. The van der Waals surface area contributed by atoms with Crippen LogP contribution in [0.4, 0.5) is 4.79 Å². The third-order valence-electron chi connectivity index (χ3n) is 3.70. The number of carbonyl (C=O) groups is 2. The van der Waals surface area contributed by atoms with E-state index in [0.29, 0.717) is 13.0 Å². The first kappa shape index (κ1) is 16.3. The van der Waals surface area contributed by atoms with Crippen molar-refractivity contribution in [1.29, 1.82) is 0 Å². The van der Waals surface area contributed by atoms with E-state index >= 15 is 0 Å². The Labute approximate surface area is 129 Å². The summed E-state index contributed by atoms with van der Waals surface area (Å²) in [5, 5.41) is 11.3. The van der Waals surface area contributed by atoms with Gasteiger partial charge in [-0.2, -0.15) is 0 Å². The molecular weight excluding hydrogens is 286 g/mol. The number of nitrogens with zero attached hydrogens (tertiary/aromatic N) is 1. The second-order valence-electron chi connectivity index (χ2n) is 5.21. The first-order valence-electron chi connectivity index (χ1n) is 7.20. The van der Waals surface area contributed by atoms with Crippen molar-refractivity contribution in [2.45, 2.75) is 31.5 Å². The zero-order valence-corrected chi connectivity index (χ0v) is 12.5. The topological polar surface area (TPSA) is 90.9 Å². The number of amides is 3. The molecule has 0 spiro atoms. The molecule has 7 heteroatoms. The van der Waals surface area contributed by atoms with Crippen molar-refractivity contribution in [3.8, 4) is 0 Å². The lowest BCUT2D eigenvalue weighted by Gasteiger charge is -2.28. The highest BCUT2D eigenvalue weighted by Gasteiger charge is 2.41. The highest BCUT2D eigenvalue weighted by molar-refractivity contribution is 5.88. The number of hydrogen-bond acceptors (Lipinski definition) is 4. The van der Waals surface area contributed by atoms with Crippen molar-refractivity contribution in [3.63, 3.8) is 0 Å². The molecule has 0 radical (unpaired) electrons. The predicted molar refractivity (Wildman–Crippen MR) is 79.6 cm³/mol. The second-order valence-corrected chi connectivity index (χ2v) is 5.21. The van der Waals surface area contributed by atoms with E-state index in [1.807, 2.05) is 30.3 Å². The number of rotatable bonds is 3. The summed E-state index contributed by atoms with van der Waals surface area (Å²) in [7, 11) is 1.38. The minimum Gasteiger partial charge on any atom is -0.392 e. The summed E-state index contributed by atoms with van der Waals surface area (Å²) in [6.07, 6.45) is 1.54. The van der Waals surface area contributed by atoms with Crippen LogP contribution in [0.2, 0.25) is 0 Å². The van der Waals surface area contributed by atoms with Gasteiger partial charge in [0.15, 0.2) is 0 Å². The number of benzene rings is 1. The molecule has 2 bridgehead atoms. The van der Waals surface area contributed by atoms with E-state index in [9.17, 15) is 9.59 Å². The summed E-state index contributed by atoms with van der Waals surface area (Å²) in [5.41, 5.74) is 3.22. The van der Waals surface area contributed by atoms with Crippen molar-refractivity contribution >= 4 is 11.9 Å². The fourth-order valence-corrected chi connectivity index (χ4v) is 2.60. The number of piperidine rings is 1. The normalized spacial score (nSPS) is 22.5. The molecule has 2 aliphatic rings. The van der Waals surface area contributed by atoms with E-state index in [-0.39, 0.29) is 30.6 Å². The predicted octanol–water partition coefficient (Wildman–Crippen LogP) is 0.399. The van der Waals surface area contributed by atoms with Gasteiger partial charge in [-0.15, -0.1) is 0 Å². The maximum atomic E-state index is 11.5. The summed E-state index contributed by atoms with van der Waals surface area (Å²) < 4.78 is 0. The van der Waals surface area contributed by atoms with Crippen LogP contribution >= 0.6 is 0 Å². The van der Waals surface area contributed by atoms with Gasteiger partial charge >= 0.3 is 6.03 Å². The molecule has 1 unspecified atom stereocenters. The molecule has 3 rings (SSSR count). The Morgan fingerprint density at radius 2 is 2.14 bits per heavy atom. The number of hydroxylamine groups is 1. The highest BCUT2D eigenvalue weighted by atomic mass is 16.6. The standard InChI is InChI=1S/C8H13N3O3.C7H8O/c1-14-10-7(12)6-3-2-5-4-11(6)8(13)9-5;8-6-7-4-2-1-3-5-7/h5-6H,2-4H2,1H3,(H,9,13)(H,10,12);1-5,8H,6H2/t5?,6-;/m0./s1. The lowest BCUT2D eigenvalue weighted by atomic mass is 10.0. The third kappa shape index (κ3) is 3.96. The number of aliphatic hydroxyl groups excluding tert-OH is 1. The third-order valence-corrected chi connectivity index (χ3v) is 3.70. The fraction of sp³-hybridized carbons (Fsp3) is 0.467. The molecule has 3 amide bonds. The molecule has 2 heterocycles. The number of hydrogen-bond donors (Lipinski definition) is 3. The van der Waals surface area contributed by atoms with Crippen molar-refractivity contribution < 1.29 is 19.5 Å². The van der Waals surface area contributed by atoms with Gasteiger partial charge in [0, 0.05) is 12.6 Å². The maximum Gasteiger partial charge on any atom is 0.318 e. The average Bonchev–Trinajstić information content (AvgIpc) is 2.83. The molecule has 2 atom stereocenters. The van der Waals surface area contributed by atoms with E-state index in [0.717, 1.165) is 12.0 Å². The SMILES string of the molecule is CONC(=O)[C@@H]1CCC2CN1C(=O)N2.OCc1ccccc1. The van der Waals surface area contributed by atoms with Gasteiger partial charge in [0.25, 0.3) is 5.91 Å². The molecule has 0 aliphatic carbocycles. The molecule has 1 aromatic rings. The Morgan fingerprint density at radius 1 is 1.41 bits per heavy atom. The van der Waals surface area contributed by atoms with E-state index in [4.69, 9.17) is 5.11 Å². The van der Waals surface area contributed by atoms with Crippen molar-refractivity contribution in [2.24, 2.45) is 0 Å². The Bertz CT molecular complexity index is 509. The van der Waals surface area contributed by atoms with Crippen molar-refractivity contribution in [1.82, 2.24) is 15.7 Å². The van der Waals surface area contributed by atoms with Crippen LogP contribution in [-0.4, -0.2) is 47.7 Å². The zero-order valence-electron chi connectivity index (χ0n) is 12.5. The second kappa shape index (κ2) is 7.77. The Balaban J connectivity index is 0.000000188. The Kier molecular flexibility index (Phi) is 5.74. The summed E-state index contributed by atoms with van der Waals surface area (Å²) in [6.45, 7) is 0.765. The number of urea groups is 1. The number of aliphatic hydroxyl groups is 1. The quantitative estimate of drug-likeness (QED) is 0.705. The van der Waals surface area contributed by atoms with Gasteiger partial charge in [0.2, 0.25) is 0 Å².